The molecule has 4 rings (SSSR count). The van der Waals surface area contributed by atoms with Crippen LogP contribution in [-0.2, 0) is 16.1 Å². The van der Waals surface area contributed by atoms with Crippen molar-refractivity contribution in [1.29, 1.82) is 0 Å². The zero-order chi connectivity index (χ0) is 22.7. The Morgan fingerprint density at radius 2 is 1.78 bits per heavy atom. The number of carbonyl (C=O) groups excluding carboxylic acids is 2. The van der Waals surface area contributed by atoms with E-state index >= 15 is 0 Å². The summed E-state index contributed by atoms with van der Waals surface area (Å²) in [5, 5.41) is 21.1. The van der Waals surface area contributed by atoms with Gasteiger partial charge in [-0.05, 0) is 66.6 Å². The van der Waals surface area contributed by atoms with Crippen molar-refractivity contribution in [2.75, 3.05) is 6.61 Å². The average Bonchev–Trinajstić information content (AvgIpc) is 3.05. The molecule has 7 nitrogen and oxygen atoms in total. The van der Waals surface area contributed by atoms with E-state index in [4.69, 9.17) is 4.74 Å². The van der Waals surface area contributed by atoms with Gasteiger partial charge in [0.05, 0.1) is 18.2 Å². The topological polar surface area (TPSA) is 100.0 Å². The third-order valence-corrected chi connectivity index (χ3v) is 5.27. The highest BCUT2D eigenvalue weighted by molar-refractivity contribution is 6.46. The second kappa shape index (κ2) is 8.93. The summed E-state index contributed by atoms with van der Waals surface area (Å²) in [7, 11) is 0. The number of aromatic hydroxyl groups is 1. The quantitative estimate of drug-likeness (QED) is 0.350. The van der Waals surface area contributed by atoms with Crippen molar-refractivity contribution in [3.8, 4) is 11.5 Å². The van der Waals surface area contributed by atoms with Crippen molar-refractivity contribution < 1.29 is 24.5 Å². The SMILES string of the molecule is CCOc1ccc(/C(O)=C2/C(=O)C(=O)N(Cc3ccncc3)C2c2cccc(O)c2)cc1. The number of hydrogen-bond donors (Lipinski definition) is 2. The number of carbonyl (C=O) groups is 2. The third kappa shape index (κ3) is 4.05. The maximum absolute atomic E-state index is 13.1. The largest absolute Gasteiger partial charge is 0.508 e. The summed E-state index contributed by atoms with van der Waals surface area (Å²) in [5.74, 6) is -1.15. The number of ketones is 1. The number of aliphatic hydroxyl groups is 1. The molecule has 1 atom stereocenters. The average molecular weight is 430 g/mol. The second-order valence-corrected chi connectivity index (χ2v) is 7.33. The molecule has 1 unspecified atom stereocenters. The van der Waals surface area contributed by atoms with Gasteiger partial charge in [0.15, 0.2) is 0 Å². The van der Waals surface area contributed by atoms with Crippen LogP contribution in [-0.4, -0.2) is 38.4 Å². The van der Waals surface area contributed by atoms with Gasteiger partial charge in [-0.15, -0.1) is 0 Å². The monoisotopic (exact) mass is 430 g/mol. The molecule has 3 aromatic rings. The molecule has 0 saturated carbocycles. The summed E-state index contributed by atoms with van der Waals surface area (Å²) in [6.07, 6.45) is 3.21. The molecule has 0 aliphatic carbocycles. The smallest absolute Gasteiger partial charge is 0.295 e. The van der Waals surface area contributed by atoms with Crippen molar-refractivity contribution in [1.82, 2.24) is 9.88 Å². The first-order chi connectivity index (χ1) is 15.5. The fourth-order valence-corrected chi connectivity index (χ4v) is 3.80. The van der Waals surface area contributed by atoms with Crippen LogP contribution in [0, 0.1) is 0 Å². The molecule has 0 spiro atoms. The highest BCUT2D eigenvalue weighted by atomic mass is 16.5. The molecule has 162 valence electrons. The van der Waals surface area contributed by atoms with E-state index in [9.17, 15) is 19.8 Å². The maximum Gasteiger partial charge on any atom is 0.295 e. The predicted octanol–water partition coefficient (Wildman–Crippen LogP) is 3.81. The van der Waals surface area contributed by atoms with Gasteiger partial charge >= 0.3 is 0 Å². The van der Waals surface area contributed by atoms with Crippen LogP contribution in [0.3, 0.4) is 0 Å². The van der Waals surface area contributed by atoms with E-state index in [-0.39, 0.29) is 23.6 Å². The molecule has 2 aromatic carbocycles. The molecule has 1 saturated heterocycles. The Morgan fingerprint density at radius 1 is 1.06 bits per heavy atom. The summed E-state index contributed by atoms with van der Waals surface area (Å²) in [6, 6.07) is 15.6. The highest BCUT2D eigenvalue weighted by Crippen LogP contribution is 2.41. The maximum atomic E-state index is 13.1. The molecule has 1 aliphatic rings. The number of rotatable bonds is 6. The molecular weight excluding hydrogens is 408 g/mol. The summed E-state index contributed by atoms with van der Waals surface area (Å²) in [4.78, 5) is 31.4. The van der Waals surface area contributed by atoms with Gasteiger partial charge in [0, 0.05) is 24.5 Å². The number of benzene rings is 2. The molecule has 2 N–H and O–H groups in total. The second-order valence-electron chi connectivity index (χ2n) is 7.33. The first-order valence-corrected chi connectivity index (χ1v) is 10.2. The van der Waals surface area contributed by atoms with Crippen LogP contribution in [0.25, 0.3) is 5.76 Å². The highest BCUT2D eigenvalue weighted by Gasteiger charge is 2.46. The number of nitrogens with zero attached hydrogens (tertiary/aromatic N) is 2. The van der Waals surface area contributed by atoms with Gasteiger partial charge in [0.2, 0.25) is 0 Å². The number of likely N-dealkylation sites (tertiary alicyclic amines) is 1. The molecule has 0 bridgehead atoms. The first kappa shape index (κ1) is 21.1. The van der Waals surface area contributed by atoms with E-state index in [2.05, 4.69) is 4.98 Å². The van der Waals surface area contributed by atoms with Crippen molar-refractivity contribution in [3.63, 3.8) is 0 Å². The minimum absolute atomic E-state index is 0.00179. The van der Waals surface area contributed by atoms with Crippen LogP contribution >= 0.6 is 0 Å². The minimum atomic E-state index is -0.859. The molecule has 1 fully saturated rings. The van der Waals surface area contributed by atoms with Crippen molar-refractivity contribution >= 4 is 17.4 Å². The Bertz CT molecular complexity index is 1170. The van der Waals surface area contributed by atoms with Crippen molar-refractivity contribution in [2.45, 2.75) is 19.5 Å². The van der Waals surface area contributed by atoms with Crippen LogP contribution in [0.15, 0.2) is 78.6 Å². The zero-order valence-electron chi connectivity index (χ0n) is 17.4. The van der Waals surface area contributed by atoms with Gasteiger partial charge < -0.3 is 19.8 Å². The van der Waals surface area contributed by atoms with Crippen LogP contribution in [0.2, 0.25) is 0 Å². The first-order valence-electron chi connectivity index (χ1n) is 10.2. The lowest BCUT2D eigenvalue weighted by molar-refractivity contribution is -0.140. The summed E-state index contributed by atoms with van der Waals surface area (Å²) in [5.41, 5.74) is 1.66. The number of pyridine rings is 1. The van der Waals surface area contributed by atoms with E-state index < -0.39 is 17.7 Å². The molecule has 1 aromatic heterocycles. The van der Waals surface area contributed by atoms with Crippen LogP contribution in [0.1, 0.15) is 29.7 Å². The Hall–Kier alpha value is -4.13. The Morgan fingerprint density at radius 3 is 2.44 bits per heavy atom. The van der Waals surface area contributed by atoms with Gasteiger partial charge in [-0.2, -0.15) is 0 Å². The van der Waals surface area contributed by atoms with Gasteiger partial charge in [-0.3, -0.25) is 14.6 Å². The fourth-order valence-electron chi connectivity index (χ4n) is 3.80. The lowest BCUT2D eigenvalue weighted by atomic mass is 9.95. The number of aliphatic hydroxyl groups excluding tert-OH is 1. The number of Topliss-reactive ketones (excluding diaryl/α,β-unsaturated/α-hetero) is 1. The molecule has 1 amide bonds. The summed E-state index contributed by atoms with van der Waals surface area (Å²) < 4.78 is 5.43. The van der Waals surface area contributed by atoms with Gasteiger partial charge in [0.25, 0.3) is 11.7 Å². The summed E-state index contributed by atoms with van der Waals surface area (Å²) >= 11 is 0. The molecule has 7 heteroatoms. The number of phenols is 1. The predicted molar refractivity (Wildman–Crippen MR) is 118 cm³/mol. The standard InChI is InChI=1S/C25H22N2O5/c1-2-32-20-8-6-17(7-9-20)23(29)21-22(18-4-3-5-19(28)14-18)27(25(31)24(21)30)15-16-10-12-26-13-11-16/h3-14,22,28-29H,2,15H2,1H3/b23-21-. The van der Waals surface area contributed by atoms with Crippen molar-refractivity contribution in [2.24, 2.45) is 0 Å². The Labute approximate surface area is 185 Å². The minimum Gasteiger partial charge on any atom is -0.508 e. The van der Waals surface area contributed by atoms with Gasteiger partial charge in [-0.25, -0.2) is 0 Å². The van der Waals surface area contributed by atoms with Crippen LogP contribution in [0.4, 0.5) is 0 Å². The number of amides is 1. The Balaban J connectivity index is 1.82. The number of hydrogen-bond acceptors (Lipinski definition) is 6. The fraction of sp³-hybridized carbons (Fsp3) is 0.160. The van der Waals surface area contributed by atoms with E-state index in [0.717, 1.165) is 5.56 Å². The van der Waals surface area contributed by atoms with E-state index in [1.807, 2.05) is 6.92 Å². The van der Waals surface area contributed by atoms with E-state index in [1.54, 1.807) is 60.9 Å². The number of ether oxygens (including phenoxy) is 1. The molecule has 0 radical (unpaired) electrons. The zero-order valence-corrected chi connectivity index (χ0v) is 17.4. The van der Waals surface area contributed by atoms with E-state index in [0.29, 0.717) is 23.5 Å². The molecule has 2 heterocycles. The van der Waals surface area contributed by atoms with Gasteiger partial charge in [0.1, 0.15) is 17.3 Å². The molecular formula is C25H22N2O5. The lowest BCUT2D eigenvalue weighted by Gasteiger charge is -2.25. The Kier molecular flexibility index (Phi) is 5.89. The molecule has 32 heavy (non-hydrogen) atoms. The number of aromatic nitrogens is 1. The van der Waals surface area contributed by atoms with Crippen LogP contribution in [0.5, 0.6) is 11.5 Å². The third-order valence-electron chi connectivity index (χ3n) is 5.27. The van der Waals surface area contributed by atoms with Crippen molar-refractivity contribution in [3.05, 3.63) is 95.3 Å². The van der Waals surface area contributed by atoms with Gasteiger partial charge in [-0.1, -0.05) is 12.1 Å². The van der Waals surface area contributed by atoms with E-state index in [1.165, 1.54) is 17.0 Å². The molecule has 1 aliphatic heterocycles. The lowest BCUT2D eigenvalue weighted by Crippen LogP contribution is -2.29. The van der Waals surface area contributed by atoms with Crippen LogP contribution < -0.4 is 4.74 Å². The normalized spacial score (nSPS) is 17.5. The number of phenolic OH excluding ortho intramolecular Hbond substituents is 1. The summed E-state index contributed by atoms with van der Waals surface area (Å²) in [6.45, 7) is 2.52.